The fraction of sp³-hybridized carbons (Fsp3) is 0.240. The first-order valence-corrected chi connectivity index (χ1v) is 12.5. The molecule has 0 aliphatic carbocycles. The van der Waals surface area contributed by atoms with Crippen molar-refractivity contribution in [3.05, 3.63) is 52.6 Å². The predicted molar refractivity (Wildman–Crippen MR) is 145 cm³/mol. The molecule has 37 heavy (non-hydrogen) atoms. The average molecular weight is 542 g/mol. The number of carbonyl (C=O) groups excluding carboxylic acids is 2. The van der Waals surface area contributed by atoms with E-state index in [1.165, 1.54) is 36.9 Å². The van der Waals surface area contributed by atoms with Crippen LogP contribution in [-0.2, 0) is 9.59 Å². The number of aliphatic imine (C=N–C) groups is 1. The number of nitrogens with zero attached hydrogens (tertiary/aromatic N) is 3. The fourth-order valence-electron chi connectivity index (χ4n) is 3.45. The average Bonchev–Trinajstić information content (AvgIpc) is 3.29. The van der Waals surface area contributed by atoms with E-state index >= 15 is 0 Å². The third-order valence-electron chi connectivity index (χ3n) is 5.13. The molecular weight excluding hydrogens is 518 g/mol. The molecule has 0 radical (unpaired) electrons. The molecule has 2 aromatic rings. The molecule has 0 atom stereocenters. The largest absolute Gasteiger partial charge is 0.493 e. The van der Waals surface area contributed by atoms with E-state index < -0.39 is 5.91 Å². The third-order valence-corrected chi connectivity index (χ3v) is 6.47. The maximum Gasteiger partial charge on any atom is 0.283 e. The minimum atomic E-state index is -0.519. The van der Waals surface area contributed by atoms with Crippen LogP contribution in [-0.4, -0.2) is 53.2 Å². The van der Waals surface area contributed by atoms with Crippen LogP contribution in [0.25, 0.3) is 6.08 Å². The van der Waals surface area contributed by atoms with Crippen LogP contribution in [0.2, 0.25) is 5.02 Å². The molecule has 4 rings (SSSR count). The lowest BCUT2D eigenvalue weighted by molar-refractivity contribution is -0.115. The van der Waals surface area contributed by atoms with Gasteiger partial charge in [0.05, 0.1) is 17.7 Å². The van der Waals surface area contributed by atoms with Gasteiger partial charge in [0.2, 0.25) is 11.1 Å². The first-order chi connectivity index (χ1) is 17.8. The Morgan fingerprint density at radius 1 is 1.22 bits per heavy atom. The van der Waals surface area contributed by atoms with Gasteiger partial charge < -0.3 is 19.5 Å². The Bertz CT molecular complexity index is 1340. The first kappa shape index (κ1) is 26.2. The Labute approximate surface area is 222 Å². The summed E-state index contributed by atoms with van der Waals surface area (Å²) in [6, 6.07) is 10.2. The normalized spacial score (nSPS) is 15.8. The van der Waals surface area contributed by atoms with E-state index in [9.17, 15) is 9.59 Å². The predicted octanol–water partition coefficient (Wildman–Crippen LogP) is 4.79. The molecule has 0 bridgehead atoms. The highest BCUT2D eigenvalue weighted by Gasteiger charge is 2.35. The zero-order valence-electron chi connectivity index (χ0n) is 20.3. The van der Waals surface area contributed by atoms with Gasteiger partial charge in [-0.25, -0.2) is 0 Å². The first-order valence-electron chi connectivity index (χ1n) is 11.3. The van der Waals surface area contributed by atoms with Gasteiger partial charge in [-0.15, -0.1) is 0 Å². The molecule has 0 saturated heterocycles. The van der Waals surface area contributed by atoms with E-state index in [-0.39, 0.29) is 35.6 Å². The van der Waals surface area contributed by atoms with E-state index in [0.29, 0.717) is 40.1 Å². The molecule has 0 saturated carbocycles. The van der Waals surface area contributed by atoms with Crippen molar-refractivity contribution in [1.82, 2.24) is 5.01 Å². The molecule has 2 heterocycles. The number of anilines is 1. The highest BCUT2D eigenvalue weighted by molar-refractivity contribution is 8.26. The van der Waals surface area contributed by atoms with Gasteiger partial charge in [-0.05, 0) is 66.2 Å². The zero-order valence-corrected chi connectivity index (χ0v) is 21.9. The number of ether oxygens (including phenoxy) is 3. The highest BCUT2D eigenvalue weighted by Crippen LogP contribution is 2.37. The lowest BCUT2D eigenvalue weighted by Crippen LogP contribution is -2.35. The molecule has 2 amide bonds. The number of hydrogen-bond acceptors (Lipinski definition) is 8. The van der Waals surface area contributed by atoms with Crippen LogP contribution < -0.4 is 19.5 Å². The van der Waals surface area contributed by atoms with Gasteiger partial charge in [0.1, 0.15) is 24.0 Å². The number of benzene rings is 2. The van der Waals surface area contributed by atoms with Crippen molar-refractivity contribution in [2.75, 3.05) is 25.6 Å². The maximum absolute atomic E-state index is 12.6. The molecule has 2 aliphatic rings. The number of thioether (sulfide) groups is 1. The molecular formula is C25H24ClN5O5S. The van der Waals surface area contributed by atoms with Crippen LogP contribution in [0.5, 0.6) is 17.2 Å². The summed E-state index contributed by atoms with van der Waals surface area (Å²) in [6.07, 6.45) is 2.21. The Morgan fingerprint density at radius 3 is 2.62 bits per heavy atom. The minimum absolute atomic E-state index is 0.0522. The van der Waals surface area contributed by atoms with Crippen LogP contribution in [0.1, 0.15) is 25.8 Å². The Balaban J connectivity index is 1.43. The summed E-state index contributed by atoms with van der Waals surface area (Å²) < 4.78 is 16.9. The summed E-state index contributed by atoms with van der Waals surface area (Å²) in [5, 5.41) is 18.3. The summed E-state index contributed by atoms with van der Waals surface area (Å²) >= 11 is 7.76. The SMILES string of the molecule is CCC1=NN2C(=N)/C(=C\c3cc(Cl)c(OCCOc4ccc(NC(C)=O)cc4)c(OC)c3)C(=O)N=C2S1. The van der Waals surface area contributed by atoms with Gasteiger partial charge in [0, 0.05) is 12.6 Å². The maximum atomic E-state index is 12.6. The lowest BCUT2D eigenvalue weighted by Gasteiger charge is -2.20. The molecule has 10 nitrogen and oxygen atoms in total. The van der Waals surface area contributed by atoms with Crippen molar-refractivity contribution in [3.63, 3.8) is 0 Å². The summed E-state index contributed by atoms with van der Waals surface area (Å²) in [5.41, 5.74) is 1.32. The van der Waals surface area contributed by atoms with Gasteiger partial charge in [0.15, 0.2) is 17.3 Å². The number of hydrogen-bond donors (Lipinski definition) is 2. The van der Waals surface area contributed by atoms with Crippen molar-refractivity contribution in [1.29, 1.82) is 5.41 Å². The van der Waals surface area contributed by atoms with E-state index in [4.69, 9.17) is 31.2 Å². The van der Waals surface area contributed by atoms with Gasteiger partial charge in [-0.2, -0.15) is 15.1 Å². The van der Waals surface area contributed by atoms with Crippen molar-refractivity contribution < 1.29 is 23.8 Å². The van der Waals surface area contributed by atoms with E-state index in [1.54, 1.807) is 36.4 Å². The molecule has 12 heteroatoms. The molecule has 0 spiro atoms. The quantitative estimate of drug-likeness (QED) is 0.345. The number of methoxy groups -OCH3 is 1. The fourth-order valence-corrected chi connectivity index (χ4v) is 4.54. The van der Waals surface area contributed by atoms with Crippen LogP contribution >= 0.6 is 23.4 Å². The van der Waals surface area contributed by atoms with Crippen molar-refractivity contribution >= 4 is 63.0 Å². The second kappa shape index (κ2) is 11.5. The van der Waals surface area contributed by atoms with Gasteiger partial charge in [-0.1, -0.05) is 18.5 Å². The molecule has 0 fully saturated rings. The van der Waals surface area contributed by atoms with E-state index in [2.05, 4.69) is 15.4 Å². The van der Waals surface area contributed by atoms with Crippen LogP contribution in [0, 0.1) is 5.41 Å². The van der Waals surface area contributed by atoms with Gasteiger partial charge in [0.25, 0.3) is 5.91 Å². The van der Waals surface area contributed by atoms with Crippen LogP contribution in [0.4, 0.5) is 5.69 Å². The van der Waals surface area contributed by atoms with Crippen molar-refractivity contribution in [2.24, 2.45) is 10.1 Å². The number of carbonyl (C=O) groups is 2. The number of halogens is 1. The monoisotopic (exact) mass is 541 g/mol. The number of amides is 2. The highest BCUT2D eigenvalue weighted by atomic mass is 35.5. The lowest BCUT2D eigenvalue weighted by atomic mass is 10.1. The van der Waals surface area contributed by atoms with Gasteiger partial charge in [-0.3, -0.25) is 15.0 Å². The topological polar surface area (TPSA) is 126 Å². The Kier molecular flexibility index (Phi) is 8.14. The summed E-state index contributed by atoms with van der Waals surface area (Å²) in [5.74, 6) is 0.592. The number of amidine groups is 2. The molecule has 0 aromatic heterocycles. The zero-order chi connectivity index (χ0) is 26.5. The van der Waals surface area contributed by atoms with Crippen molar-refractivity contribution in [2.45, 2.75) is 20.3 Å². The van der Waals surface area contributed by atoms with Crippen LogP contribution in [0.3, 0.4) is 0 Å². The Morgan fingerprint density at radius 2 is 1.95 bits per heavy atom. The van der Waals surface area contributed by atoms with E-state index in [1.807, 2.05) is 6.92 Å². The molecule has 2 N–H and O–H groups in total. The molecule has 2 aliphatic heterocycles. The Hall–Kier alpha value is -3.83. The van der Waals surface area contributed by atoms with Crippen LogP contribution in [0.15, 0.2) is 52.1 Å². The van der Waals surface area contributed by atoms with Gasteiger partial charge >= 0.3 is 0 Å². The second-order valence-electron chi connectivity index (χ2n) is 7.80. The summed E-state index contributed by atoms with van der Waals surface area (Å²) in [4.78, 5) is 27.8. The second-order valence-corrected chi connectivity index (χ2v) is 9.25. The number of hydrazone groups is 1. The van der Waals surface area contributed by atoms with Crippen molar-refractivity contribution in [3.8, 4) is 17.2 Å². The third kappa shape index (κ3) is 6.12. The summed E-state index contributed by atoms with van der Waals surface area (Å²) in [7, 11) is 1.48. The summed E-state index contributed by atoms with van der Waals surface area (Å²) in [6.45, 7) is 3.82. The minimum Gasteiger partial charge on any atom is -0.493 e. The standard InChI is InChI=1S/C25H24ClN5O5S/c1-4-21-30-31-23(27)18(24(33)29-25(31)37-21)11-15-12-19(26)22(20(13-15)34-3)36-10-9-35-17-7-5-16(6-8-17)28-14(2)32/h5-8,11-13,27H,4,9-10H2,1-3H3,(H,28,32)/b18-11+,27-23?. The molecule has 192 valence electrons. The number of fused-ring (bicyclic) bond motifs is 1. The number of nitrogens with one attached hydrogen (secondary N) is 2. The molecule has 0 unspecified atom stereocenters. The number of rotatable bonds is 9. The smallest absolute Gasteiger partial charge is 0.283 e. The molecule has 2 aromatic carbocycles. The van der Waals surface area contributed by atoms with E-state index in [0.717, 1.165) is 5.04 Å².